The normalized spacial score (nSPS) is 16.9. The highest BCUT2D eigenvalue weighted by Gasteiger charge is 2.36. The van der Waals surface area contributed by atoms with E-state index in [0.717, 1.165) is 12.1 Å². The molecule has 1 N–H and O–H groups in total. The highest BCUT2D eigenvalue weighted by atomic mass is 19.4. The first-order valence-electron chi connectivity index (χ1n) is 10.2. The van der Waals surface area contributed by atoms with Crippen LogP contribution >= 0.6 is 0 Å². The molecular formula is C22H21F5N4O. The molecule has 0 unspecified atom stereocenters. The van der Waals surface area contributed by atoms with Gasteiger partial charge in [-0.2, -0.15) is 13.2 Å². The van der Waals surface area contributed by atoms with Gasteiger partial charge in [0.25, 0.3) is 5.56 Å². The lowest BCUT2D eigenvalue weighted by Gasteiger charge is -2.29. The summed E-state index contributed by atoms with van der Waals surface area (Å²) in [7, 11) is 0. The van der Waals surface area contributed by atoms with Gasteiger partial charge in [-0.25, -0.2) is 18.7 Å². The van der Waals surface area contributed by atoms with Gasteiger partial charge in [0.05, 0.1) is 16.5 Å². The number of pyridine rings is 1. The van der Waals surface area contributed by atoms with E-state index in [1.54, 1.807) is 19.2 Å². The predicted molar refractivity (Wildman–Crippen MR) is 110 cm³/mol. The maximum atomic E-state index is 13.5. The Morgan fingerprint density at radius 3 is 2.56 bits per heavy atom. The van der Waals surface area contributed by atoms with Crippen molar-refractivity contribution in [3.8, 4) is 0 Å². The summed E-state index contributed by atoms with van der Waals surface area (Å²) in [5.41, 5.74) is -0.295. The second-order valence-electron chi connectivity index (χ2n) is 8.08. The van der Waals surface area contributed by atoms with Gasteiger partial charge in [0.15, 0.2) is 0 Å². The van der Waals surface area contributed by atoms with Gasteiger partial charge in [-0.15, -0.1) is 0 Å². The van der Waals surface area contributed by atoms with Crippen molar-refractivity contribution in [1.29, 1.82) is 0 Å². The molecule has 1 aliphatic carbocycles. The number of rotatable bonds is 4. The van der Waals surface area contributed by atoms with Crippen LogP contribution < -0.4 is 10.9 Å². The Hall–Kier alpha value is -3.04. The number of nitrogens with one attached hydrogen (secondary N) is 1. The van der Waals surface area contributed by atoms with E-state index in [1.165, 1.54) is 16.7 Å². The molecule has 0 atom stereocenters. The maximum Gasteiger partial charge on any atom is 0.416 e. The minimum Gasteiger partial charge on any atom is -0.365 e. The molecule has 0 aliphatic heterocycles. The van der Waals surface area contributed by atoms with Gasteiger partial charge < -0.3 is 9.88 Å². The molecule has 1 aliphatic rings. The van der Waals surface area contributed by atoms with Crippen molar-refractivity contribution in [3.05, 3.63) is 63.8 Å². The number of hydrogen-bond donors (Lipinski definition) is 1. The fraction of sp³-hybridized carbons (Fsp3) is 0.409. The van der Waals surface area contributed by atoms with Gasteiger partial charge in [-0.1, -0.05) is 12.1 Å². The molecule has 2 heterocycles. The largest absolute Gasteiger partial charge is 0.416 e. The van der Waals surface area contributed by atoms with E-state index in [4.69, 9.17) is 0 Å². The number of aryl methyl sites for hydroxylation is 1. The van der Waals surface area contributed by atoms with Gasteiger partial charge in [0, 0.05) is 37.7 Å². The molecular weight excluding hydrogens is 431 g/mol. The van der Waals surface area contributed by atoms with Crippen LogP contribution in [0.3, 0.4) is 0 Å². The fourth-order valence-corrected chi connectivity index (χ4v) is 4.00. The van der Waals surface area contributed by atoms with E-state index in [0.29, 0.717) is 28.1 Å². The Balaban J connectivity index is 1.65. The summed E-state index contributed by atoms with van der Waals surface area (Å²) in [6.07, 6.45) is -3.10. The predicted octanol–water partition coefficient (Wildman–Crippen LogP) is 5.48. The Bertz CT molecular complexity index is 1200. The summed E-state index contributed by atoms with van der Waals surface area (Å²) in [6, 6.07) is 5.94. The number of hydrogen-bond acceptors (Lipinski definition) is 4. The number of alkyl halides is 5. The molecule has 1 saturated carbocycles. The summed E-state index contributed by atoms with van der Waals surface area (Å²) in [5, 5.41) is 3.53. The number of fused-ring (bicyclic) bond motifs is 1. The maximum absolute atomic E-state index is 13.5. The minimum absolute atomic E-state index is 0.0737. The molecule has 0 radical (unpaired) electrons. The van der Waals surface area contributed by atoms with Crippen LogP contribution in [0, 0.1) is 6.92 Å². The monoisotopic (exact) mass is 452 g/mol. The van der Waals surface area contributed by atoms with Crippen molar-refractivity contribution >= 4 is 16.7 Å². The zero-order chi connectivity index (χ0) is 23.1. The molecule has 170 valence electrons. The average Bonchev–Trinajstić information content (AvgIpc) is 2.71. The number of benzene rings is 1. The molecule has 0 amide bonds. The van der Waals surface area contributed by atoms with E-state index in [9.17, 15) is 26.7 Å². The van der Waals surface area contributed by atoms with E-state index in [1.807, 2.05) is 0 Å². The molecule has 0 bridgehead atoms. The SMILES string of the molecule is Cc1nc(NCc2cccc(C(F)(F)F)c2)c2cn(C3CCC(F)(F)CC3)c(=O)cc2n1. The summed E-state index contributed by atoms with van der Waals surface area (Å²) in [6.45, 7) is 1.72. The third-order valence-electron chi connectivity index (χ3n) is 5.66. The molecule has 1 fully saturated rings. The van der Waals surface area contributed by atoms with Crippen LogP contribution in [0.5, 0.6) is 0 Å². The van der Waals surface area contributed by atoms with Crippen LogP contribution in [0.25, 0.3) is 10.9 Å². The second-order valence-corrected chi connectivity index (χ2v) is 8.08. The molecule has 2 aromatic heterocycles. The summed E-state index contributed by atoms with van der Waals surface area (Å²) >= 11 is 0. The molecule has 10 heteroatoms. The Labute approximate surface area is 180 Å². The number of halogens is 5. The summed E-state index contributed by atoms with van der Waals surface area (Å²) in [5.74, 6) is -1.97. The lowest BCUT2D eigenvalue weighted by Crippen LogP contribution is -2.31. The van der Waals surface area contributed by atoms with Crippen molar-refractivity contribution in [1.82, 2.24) is 14.5 Å². The first-order chi connectivity index (χ1) is 15.0. The lowest BCUT2D eigenvalue weighted by molar-refractivity contribution is -0.137. The van der Waals surface area contributed by atoms with Crippen LogP contribution in [0.1, 0.15) is 48.7 Å². The standard InChI is InChI=1S/C22H21F5N4O/c1-13-29-18-10-19(32)31(16-5-7-21(23,24)8-6-16)12-17(18)20(30-13)28-11-14-3-2-4-15(9-14)22(25,26)27/h2-4,9-10,12,16H,5-8,11H2,1H3,(H,28,29,30). The van der Waals surface area contributed by atoms with Gasteiger partial charge >= 0.3 is 6.18 Å². The van der Waals surface area contributed by atoms with Crippen molar-refractivity contribution in [2.24, 2.45) is 0 Å². The third kappa shape index (κ3) is 4.73. The highest BCUT2D eigenvalue weighted by molar-refractivity contribution is 5.88. The first-order valence-corrected chi connectivity index (χ1v) is 10.2. The van der Waals surface area contributed by atoms with Gasteiger partial charge in [0.2, 0.25) is 5.92 Å². The summed E-state index contributed by atoms with van der Waals surface area (Å²) in [4.78, 5) is 21.2. The third-order valence-corrected chi connectivity index (χ3v) is 5.66. The van der Waals surface area contributed by atoms with Crippen LogP contribution in [0.15, 0.2) is 41.3 Å². The van der Waals surface area contributed by atoms with Crippen molar-refractivity contribution in [2.75, 3.05) is 5.32 Å². The topological polar surface area (TPSA) is 59.8 Å². The molecule has 3 aromatic rings. The minimum atomic E-state index is -4.44. The molecule has 4 rings (SSSR count). The number of aromatic nitrogens is 3. The van der Waals surface area contributed by atoms with E-state index < -0.39 is 17.7 Å². The van der Waals surface area contributed by atoms with Gasteiger partial charge in [-0.3, -0.25) is 4.79 Å². The molecule has 32 heavy (non-hydrogen) atoms. The van der Waals surface area contributed by atoms with E-state index in [2.05, 4.69) is 15.3 Å². The van der Waals surface area contributed by atoms with Crippen LogP contribution in [-0.4, -0.2) is 20.5 Å². The van der Waals surface area contributed by atoms with E-state index in [-0.39, 0.29) is 43.8 Å². The fourth-order valence-electron chi connectivity index (χ4n) is 4.00. The Kier molecular flexibility index (Phi) is 5.64. The van der Waals surface area contributed by atoms with Gasteiger partial charge in [-0.05, 0) is 37.5 Å². The number of anilines is 1. The van der Waals surface area contributed by atoms with Crippen LogP contribution in [-0.2, 0) is 12.7 Å². The zero-order valence-corrected chi connectivity index (χ0v) is 17.2. The quantitative estimate of drug-likeness (QED) is 0.533. The van der Waals surface area contributed by atoms with Crippen molar-refractivity contribution < 1.29 is 22.0 Å². The van der Waals surface area contributed by atoms with Crippen molar-refractivity contribution in [2.45, 2.75) is 57.3 Å². The van der Waals surface area contributed by atoms with Gasteiger partial charge in [0.1, 0.15) is 11.6 Å². The molecule has 5 nitrogen and oxygen atoms in total. The summed E-state index contributed by atoms with van der Waals surface area (Å²) < 4.78 is 67.4. The van der Waals surface area contributed by atoms with E-state index >= 15 is 0 Å². The Morgan fingerprint density at radius 2 is 1.88 bits per heavy atom. The smallest absolute Gasteiger partial charge is 0.365 e. The second kappa shape index (κ2) is 8.14. The Morgan fingerprint density at radius 1 is 1.16 bits per heavy atom. The zero-order valence-electron chi connectivity index (χ0n) is 17.2. The lowest BCUT2D eigenvalue weighted by atomic mass is 9.92. The molecule has 1 aromatic carbocycles. The number of nitrogens with zero attached hydrogens (tertiary/aromatic N) is 3. The molecule has 0 saturated heterocycles. The van der Waals surface area contributed by atoms with Crippen molar-refractivity contribution in [3.63, 3.8) is 0 Å². The average molecular weight is 452 g/mol. The van der Waals surface area contributed by atoms with Crippen LogP contribution in [0.2, 0.25) is 0 Å². The molecule has 0 spiro atoms. The first kappa shape index (κ1) is 22.2. The van der Waals surface area contributed by atoms with Crippen LogP contribution in [0.4, 0.5) is 27.8 Å². The highest BCUT2D eigenvalue weighted by Crippen LogP contribution is 2.38.